The third-order valence-corrected chi connectivity index (χ3v) is 4.43. The molecule has 1 saturated heterocycles. The summed E-state index contributed by atoms with van der Waals surface area (Å²) in [6.07, 6.45) is 1.30. The summed E-state index contributed by atoms with van der Waals surface area (Å²) in [5.41, 5.74) is 0.0832. The molecule has 7 nitrogen and oxygen atoms in total. The van der Waals surface area contributed by atoms with Crippen molar-refractivity contribution in [2.24, 2.45) is 5.92 Å². The number of hydrogen-bond donors (Lipinski definition) is 0. The number of aromatic nitrogens is 1. The summed E-state index contributed by atoms with van der Waals surface area (Å²) in [5.74, 6) is 0.502. The number of ether oxygens (including phenoxy) is 3. The summed E-state index contributed by atoms with van der Waals surface area (Å²) in [5, 5.41) is 0.688. The molecular weight excluding hydrogens is 384 g/mol. The molecule has 2 aromatic rings. The van der Waals surface area contributed by atoms with E-state index in [4.69, 9.17) is 14.2 Å². The van der Waals surface area contributed by atoms with Gasteiger partial charge in [0.25, 0.3) is 0 Å². The van der Waals surface area contributed by atoms with Crippen LogP contribution in [0, 0.1) is 5.92 Å². The van der Waals surface area contributed by atoms with E-state index in [-0.39, 0.29) is 18.0 Å². The van der Waals surface area contributed by atoms with Gasteiger partial charge in [-0.15, -0.1) is 0 Å². The smallest absolute Gasteiger partial charge is 0.410 e. The zero-order valence-electron chi connectivity index (χ0n) is 18.5. The number of hydrogen-bond acceptors (Lipinski definition) is 6. The minimum atomic E-state index is -0.578. The van der Waals surface area contributed by atoms with Gasteiger partial charge in [0.05, 0.1) is 17.7 Å². The van der Waals surface area contributed by atoms with Crippen LogP contribution in [0.4, 0.5) is 4.79 Å². The molecule has 1 aromatic carbocycles. The van der Waals surface area contributed by atoms with Crippen LogP contribution in [0.2, 0.25) is 0 Å². The second-order valence-corrected chi connectivity index (χ2v) is 9.60. The van der Waals surface area contributed by atoms with E-state index in [1.54, 1.807) is 17.2 Å². The van der Waals surface area contributed by atoms with Crippen molar-refractivity contribution in [1.82, 2.24) is 9.88 Å². The van der Waals surface area contributed by atoms with Crippen molar-refractivity contribution >= 4 is 23.0 Å². The number of rotatable bonds is 4. The molecular formula is C23H30N2O5. The molecule has 7 heteroatoms. The fraction of sp³-hybridized carbons (Fsp3) is 0.522. The van der Waals surface area contributed by atoms with Crippen LogP contribution in [0.25, 0.3) is 10.9 Å². The van der Waals surface area contributed by atoms with Gasteiger partial charge in [-0.05, 0) is 65.8 Å². The Bertz CT molecular complexity index is 937. The molecule has 0 bridgehead atoms. The molecule has 0 saturated carbocycles. The van der Waals surface area contributed by atoms with Crippen LogP contribution in [-0.2, 0) is 9.47 Å². The molecule has 1 aliphatic rings. The molecule has 0 unspecified atom stereocenters. The van der Waals surface area contributed by atoms with E-state index in [1.807, 2.05) is 59.7 Å². The van der Waals surface area contributed by atoms with E-state index in [9.17, 15) is 9.59 Å². The number of nitrogens with zero attached hydrogens (tertiary/aromatic N) is 2. The van der Waals surface area contributed by atoms with Crippen LogP contribution in [0.5, 0.6) is 5.75 Å². The van der Waals surface area contributed by atoms with Gasteiger partial charge in [0.1, 0.15) is 17.0 Å². The van der Waals surface area contributed by atoms with Gasteiger partial charge >= 0.3 is 12.1 Å². The summed E-state index contributed by atoms with van der Waals surface area (Å²) >= 11 is 0. The minimum absolute atomic E-state index is 0.243. The van der Waals surface area contributed by atoms with Crippen LogP contribution in [-0.4, -0.2) is 52.8 Å². The molecule has 1 aromatic heterocycles. The Morgan fingerprint density at radius 2 is 1.70 bits per heavy atom. The molecule has 0 atom stereocenters. The number of pyridine rings is 1. The van der Waals surface area contributed by atoms with Crippen molar-refractivity contribution in [3.8, 4) is 5.75 Å². The lowest BCUT2D eigenvalue weighted by molar-refractivity contribution is -0.00785. The normalized spacial score (nSPS) is 14.9. The zero-order chi connectivity index (χ0) is 22.1. The first-order valence-corrected chi connectivity index (χ1v) is 10.1. The van der Waals surface area contributed by atoms with Crippen molar-refractivity contribution < 1.29 is 23.8 Å². The Balaban J connectivity index is 1.62. The minimum Gasteiger partial charge on any atom is -0.493 e. The number of benzene rings is 1. The Morgan fingerprint density at radius 1 is 1.03 bits per heavy atom. The lowest BCUT2D eigenvalue weighted by Gasteiger charge is -2.39. The van der Waals surface area contributed by atoms with Crippen molar-refractivity contribution in [3.05, 3.63) is 36.0 Å². The summed E-state index contributed by atoms with van der Waals surface area (Å²) in [6.45, 7) is 12.8. The Labute approximate surface area is 177 Å². The highest BCUT2D eigenvalue weighted by Gasteiger charge is 2.34. The number of likely N-dealkylation sites (tertiary alicyclic amines) is 1. The molecule has 1 fully saturated rings. The lowest BCUT2D eigenvalue weighted by Crippen LogP contribution is -2.53. The van der Waals surface area contributed by atoms with Gasteiger partial charge in [-0.1, -0.05) is 0 Å². The molecule has 1 amide bonds. The van der Waals surface area contributed by atoms with Gasteiger partial charge in [-0.25, -0.2) is 9.59 Å². The topological polar surface area (TPSA) is 78.0 Å². The van der Waals surface area contributed by atoms with Crippen molar-refractivity contribution in [2.45, 2.75) is 52.7 Å². The van der Waals surface area contributed by atoms with E-state index in [1.165, 1.54) is 0 Å². The van der Waals surface area contributed by atoms with Crippen molar-refractivity contribution in [2.75, 3.05) is 19.7 Å². The Hall–Kier alpha value is -2.83. The third-order valence-electron chi connectivity index (χ3n) is 4.43. The highest BCUT2D eigenvalue weighted by atomic mass is 16.6. The molecule has 0 spiro atoms. The molecule has 1 aliphatic heterocycles. The molecule has 0 radical (unpaired) electrons. The number of carbonyl (C=O) groups excluding carboxylic acids is 2. The summed E-state index contributed by atoms with van der Waals surface area (Å²) in [7, 11) is 0. The van der Waals surface area contributed by atoms with Gasteiger partial charge in [-0.3, -0.25) is 4.98 Å². The maximum Gasteiger partial charge on any atom is 0.410 e. The largest absolute Gasteiger partial charge is 0.493 e. The highest BCUT2D eigenvalue weighted by molar-refractivity contribution is 6.03. The van der Waals surface area contributed by atoms with E-state index >= 15 is 0 Å². The monoisotopic (exact) mass is 414 g/mol. The first kappa shape index (κ1) is 21.9. The average molecular weight is 415 g/mol. The Morgan fingerprint density at radius 3 is 2.33 bits per heavy atom. The summed E-state index contributed by atoms with van der Waals surface area (Å²) in [4.78, 5) is 30.6. The van der Waals surface area contributed by atoms with E-state index in [0.29, 0.717) is 41.9 Å². The quantitative estimate of drug-likeness (QED) is 0.689. The van der Waals surface area contributed by atoms with Gasteiger partial charge < -0.3 is 19.1 Å². The molecule has 0 aliphatic carbocycles. The van der Waals surface area contributed by atoms with Crippen LogP contribution in [0.15, 0.2) is 30.5 Å². The van der Waals surface area contributed by atoms with Gasteiger partial charge in [0, 0.05) is 30.6 Å². The van der Waals surface area contributed by atoms with E-state index in [2.05, 4.69) is 4.98 Å². The van der Waals surface area contributed by atoms with E-state index in [0.717, 1.165) is 0 Å². The van der Waals surface area contributed by atoms with Crippen LogP contribution in [0.1, 0.15) is 51.9 Å². The maximum atomic E-state index is 12.6. The van der Waals surface area contributed by atoms with E-state index < -0.39 is 11.2 Å². The van der Waals surface area contributed by atoms with Gasteiger partial charge in [0.15, 0.2) is 0 Å². The molecule has 162 valence electrons. The lowest BCUT2D eigenvalue weighted by atomic mass is 10.0. The maximum absolute atomic E-state index is 12.6. The second-order valence-electron chi connectivity index (χ2n) is 9.60. The number of esters is 1. The van der Waals surface area contributed by atoms with Crippen molar-refractivity contribution in [1.29, 1.82) is 0 Å². The predicted octanol–water partition coefficient (Wildman–Crippen LogP) is 4.44. The number of carbonyl (C=O) groups is 2. The van der Waals surface area contributed by atoms with Gasteiger partial charge in [0.2, 0.25) is 0 Å². The molecule has 3 rings (SSSR count). The fourth-order valence-corrected chi connectivity index (χ4v) is 3.09. The number of fused-ring (bicyclic) bond motifs is 1. The Kier molecular flexibility index (Phi) is 5.92. The first-order chi connectivity index (χ1) is 13.9. The molecule has 2 heterocycles. The van der Waals surface area contributed by atoms with Crippen molar-refractivity contribution in [3.63, 3.8) is 0 Å². The zero-order valence-corrected chi connectivity index (χ0v) is 18.5. The third kappa shape index (κ3) is 5.62. The standard InChI is InChI=1S/C23H30N2O5/c1-22(2,3)29-20(26)17-9-10-24-19-8-7-16(11-18(17)19)28-14-15-12-25(13-15)21(27)30-23(4,5)6/h7-11,15H,12-14H2,1-6H3. The molecule has 30 heavy (non-hydrogen) atoms. The van der Waals surface area contributed by atoms with Gasteiger partial charge in [-0.2, -0.15) is 0 Å². The highest BCUT2D eigenvalue weighted by Crippen LogP contribution is 2.26. The summed E-state index contributed by atoms with van der Waals surface area (Å²) < 4.78 is 16.8. The summed E-state index contributed by atoms with van der Waals surface area (Å²) in [6, 6.07) is 7.13. The average Bonchev–Trinajstić information content (AvgIpc) is 2.56. The predicted molar refractivity (Wildman–Crippen MR) is 114 cm³/mol. The molecule has 0 N–H and O–H groups in total. The van der Waals surface area contributed by atoms with Crippen LogP contribution >= 0.6 is 0 Å². The van der Waals surface area contributed by atoms with Crippen LogP contribution < -0.4 is 4.74 Å². The SMILES string of the molecule is CC(C)(C)OC(=O)c1ccnc2ccc(OCC3CN(C(=O)OC(C)(C)C)C3)cc12. The van der Waals surface area contributed by atoms with Crippen LogP contribution in [0.3, 0.4) is 0 Å². The second kappa shape index (κ2) is 8.13. The number of amides is 1. The first-order valence-electron chi connectivity index (χ1n) is 10.1. The fourth-order valence-electron chi connectivity index (χ4n) is 3.09.